The average molecular weight is 384 g/mol. The Morgan fingerprint density at radius 2 is 2.04 bits per heavy atom. The molecule has 0 N–H and O–H groups in total. The van der Waals surface area contributed by atoms with Gasteiger partial charge in [0.2, 0.25) is 0 Å². The topological polar surface area (TPSA) is 55.2 Å². The number of aromatic nitrogens is 2. The monoisotopic (exact) mass is 383 g/mol. The molecular formula is C17H22FN3O2S2. The van der Waals surface area contributed by atoms with E-state index in [1.165, 1.54) is 10.4 Å². The number of nitrogens with zero attached hydrogens (tertiary/aromatic N) is 3. The molecule has 1 aromatic carbocycles. The third-order valence-electron chi connectivity index (χ3n) is 4.33. The van der Waals surface area contributed by atoms with Crippen molar-refractivity contribution >= 4 is 21.8 Å². The smallest absolute Gasteiger partial charge is 0.262 e. The molecule has 1 aliphatic rings. The lowest BCUT2D eigenvalue weighted by Gasteiger charge is -2.18. The molecule has 0 aliphatic carbocycles. The van der Waals surface area contributed by atoms with Gasteiger partial charge in [-0.15, -0.1) is 0 Å². The molecule has 25 heavy (non-hydrogen) atoms. The Morgan fingerprint density at radius 1 is 1.28 bits per heavy atom. The summed E-state index contributed by atoms with van der Waals surface area (Å²) >= 11 is 1.60. The highest BCUT2D eigenvalue weighted by atomic mass is 32.2. The molecule has 1 aromatic heterocycles. The van der Waals surface area contributed by atoms with Crippen molar-refractivity contribution in [2.45, 2.75) is 36.6 Å². The van der Waals surface area contributed by atoms with Crippen molar-refractivity contribution in [1.29, 1.82) is 0 Å². The molecule has 1 saturated heterocycles. The van der Waals surface area contributed by atoms with Gasteiger partial charge in [-0.25, -0.2) is 17.8 Å². The van der Waals surface area contributed by atoms with E-state index in [0.717, 1.165) is 0 Å². The minimum Gasteiger partial charge on any atom is -0.334 e. The van der Waals surface area contributed by atoms with Crippen LogP contribution in [0.1, 0.15) is 37.1 Å². The molecule has 2 aromatic rings. The normalized spacial score (nSPS) is 19.9. The van der Waals surface area contributed by atoms with E-state index >= 15 is 0 Å². The largest absolute Gasteiger partial charge is 0.334 e. The van der Waals surface area contributed by atoms with E-state index in [2.05, 4.69) is 4.98 Å². The molecule has 1 fully saturated rings. The third kappa shape index (κ3) is 3.91. The van der Waals surface area contributed by atoms with E-state index in [0.29, 0.717) is 30.8 Å². The van der Waals surface area contributed by atoms with Gasteiger partial charge in [0.25, 0.3) is 10.0 Å². The molecule has 1 aliphatic heterocycles. The Morgan fingerprint density at radius 3 is 2.72 bits per heavy atom. The Hall–Kier alpha value is -1.38. The Labute approximate surface area is 152 Å². The second kappa shape index (κ2) is 7.47. The lowest BCUT2D eigenvalue weighted by atomic mass is 10.1. The van der Waals surface area contributed by atoms with Gasteiger partial charge in [0.15, 0.2) is 5.03 Å². The van der Waals surface area contributed by atoms with Crippen LogP contribution in [0.15, 0.2) is 41.8 Å². The second-order valence-corrected chi connectivity index (χ2v) is 9.52. The first-order chi connectivity index (χ1) is 11.9. The Kier molecular flexibility index (Phi) is 5.50. The zero-order valence-corrected chi connectivity index (χ0v) is 15.9. The summed E-state index contributed by atoms with van der Waals surface area (Å²) in [4.78, 5) is 4.07. The predicted molar refractivity (Wildman–Crippen MR) is 97.6 cm³/mol. The first-order valence-electron chi connectivity index (χ1n) is 8.29. The molecule has 1 unspecified atom stereocenters. The Bertz CT molecular complexity index is 836. The lowest BCUT2D eigenvalue weighted by molar-refractivity contribution is 0.425. The number of sulfonamides is 1. The first-order valence-corrected chi connectivity index (χ1v) is 10.8. The summed E-state index contributed by atoms with van der Waals surface area (Å²) in [5.41, 5.74) is 0.649. The van der Waals surface area contributed by atoms with Crippen molar-refractivity contribution in [3.8, 4) is 0 Å². The van der Waals surface area contributed by atoms with Crippen LogP contribution in [-0.2, 0) is 10.0 Å². The van der Waals surface area contributed by atoms with Crippen molar-refractivity contribution in [3.63, 3.8) is 0 Å². The molecule has 1 atom stereocenters. The molecule has 0 radical (unpaired) electrons. The molecular weight excluding hydrogens is 361 g/mol. The maximum absolute atomic E-state index is 14.0. The summed E-state index contributed by atoms with van der Waals surface area (Å²) in [6.45, 7) is 4.72. The zero-order valence-electron chi connectivity index (χ0n) is 14.3. The predicted octanol–water partition coefficient (Wildman–Crippen LogP) is 3.47. The van der Waals surface area contributed by atoms with Crippen LogP contribution in [-0.4, -0.2) is 41.1 Å². The minimum absolute atomic E-state index is 0.0328. The number of imidazole rings is 1. The van der Waals surface area contributed by atoms with Crippen LogP contribution in [0.25, 0.3) is 0 Å². The number of rotatable bonds is 4. The van der Waals surface area contributed by atoms with E-state index in [1.54, 1.807) is 41.0 Å². The van der Waals surface area contributed by atoms with Crippen LogP contribution in [0.3, 0.4) is 0 Å². The fraction of sp³-hybridized carbons (Fsp3) is 0.471. The number of halogens is 1. The van der Waals surface area contributed by atoms with Crippen molar-refractivity contribution in [3.05, 3.63) is 48.2 Å². The summed E-state index contributed by atoms with van der Waals surface area (Å²) in [6, 6.07) is 6.87. The van der Waals surface area contributed by atoms with E-state index in [9.17, 15) is 12.8 Å². The van der Waals surface area contributed by atoms with Crippen molar-refractivity contribution in [1.82, 2.24) is 13.9 Å². The van der Waals surface area contributed by atoms with Crippen LogP contribution in [0.4, 0.5) is 4.39 Å². The van der Waals surface area contributed by atoms with Crippen molar-refractivity contribution in [2.75, 3.05) is 18.8 Å². The highest BCUT2D eigenvalue weighted by Gasteiger charge is 2.30. The van der Waals surface area contributed by atoms with Gasteiger partial charge in [0, 0.05) is 41.9 Å². The van der Waals surface area contributed by atoms with Crippen LogP contribution in [0.5, 0.6) is 0 Å². The summed E-state index contributed by atoms with van der Waals surface area (Å²) in [5, 5.41) is 0.0464. The molecule has 136 valence electrons. The average Bonchev–Trinajstić information content (AvgIpc) is 2.95. The number of benzene rings is 1. The first kappa shape index (κ1) is 18.4. The van der Waals surface area contributed by atoms with Crippen LogP contribution >= 0.6 is 11.8 Å². The number of hydrogen-bond acceptors (Lipinski definition) is 4. The van der Waals surface area contributed by atoms with E-state index < -0.39 is 10.0 Å². The van der Waals surface area contributed by atoms with Gasteiger partial charge in [0.1, 0.15) is 5.82 Å². The van der Waals surface area contributed by atoms with E-state index in [4.69, 9.17) is 0 Å². The van der Waals surface area contributed by atoms with Gasteiger partial charge in [-0.3, -0.25) is 0 Å². The molecule has 2 heterocycles. The number of thioether (sulfide) groups is 1. The molecule has 0 saturated carbocycles. The summed E-state index contributed by atoms with van der Waals surface area (Å²) in [6.07, 6.45) is 3.70. The van der Waals surface area contributed by atoms with Gasteiger partial charge in [-0.05, 0) is 26.3 Å². The van der Waals surface area contributed by atoms with Gasteiger partial charge >= 0.3 is 0 Å². The van der Waals surface area contributed by atoms with Crippen molar-refractivity contribution < 1.29 is 12.8 Å². The fourth-order valence-electron chi connectivity index (χ4n) is 2.84. The molecule has 5 nitrogen and oxygen atoms in total. The van der Waals surface area contributed by atoms with Crippen molar-refractivity contribution in [2.24, 2.45) is 0 Å². The zero-order chi connectivity index (χ0) is 18.0. The van der Waals surface area contributed by atoms with Gasteiger partial charge in [-0.2, -0.15) is 16.1 Å². The summed E-state index contributed by atoms with van der Waals surface area (Å²) in [5.74, 6) is 0.398. The molecule has 0 spiro atoms. The third-order valence-corrected chi connectivity index (χ3v) is 7.43. The van der Waals surface area contributed by atoms with Crippen LogP contribution in [0.2, 0.25) is 0 Å². The van der Waals surface area contributed by atoms with E-state index in [1.807, 2.05) is 19.9 Å². The van der Waals surface area contributed by atoms with Gasteiger partial charge in [0.05, 0.1) is 6.33 Å². The standard InChI is InChI=1S/C17H22FN3O2S2/c1-13(2)20-11-17(19-12-20)25(22,23)21-8-7-16(24-10-9-21)14-5-3-4-6-15(14)18/h3-6,11-13,16H,7-10H2,1-2H3. The quantitative estimate of drug-likeness (QED) is 0.811. The fourth-order valence-corrected chi connectivity index (χ4v) is 5.59. The van der Waals surface area contributed by atoms with Gasteiger partial charge < -0.3 is 4.57 Å². The Balaban J connectivity index is 1.77. The highest BCUT2D eigenvalue weighted by Crippen LogP contribution is 2.36. The summed E-state index contributed by atoms with van der Waals surface area (Å²) < 4.78 is 43.0. The van der Waals surface area contributed by atoms with Gasteiger partial charge in [-0.1, -0.05) is 18.2 Å². The van der Waals surface area contributed by atoms with E-state index in [-0.39, 0.29) is 22.1 Å². The molecule has 0 bridgehead atoms. The maximum Gasteiger partial charge on any atom is 0.262 e. The van der Waals surface area contributed by atoms with Crippen LogP contribution < -0.4 is 0 Å². The highest BCUT2D eigenvalue weighted by molar-refractivity contribution is 7.99. The SMILES string of the molecule is CC(C)n1cnc(S(=O)(=O)N2CCSC(c3ccccc3F)CC2)c1. The molecule has 8 heteroatoms. The maximum atomic E-state index is 14.0. The molecule has 3 rings (SSSR count). The molecule has 0 amide bonds. The summed E-state index contributed by atoms with van der Waals surface area (Å²) in [7, 11) is -3.62. The van der Waals surface area contributed by atoms with Crippen LogP contribution in [0, 0.1) is 5.82 Å². The lowest BCUT2D eigenvalue weighted by Crippen LogP contribution is -2.33. The number of hydrogen-bond donors (Lipinski definition) is 0. The minimum atomic E-state index is -3.62. The second-order valence-electron chi connectivity index (χ2n) is 6.33.